The number of nitrogens with one attached hydrogen (secondary N) is 1. The van der Waals surface area contributed by atoms with Crippen LogP contribution in [0.4, 0.5) is 5.69 Å². The Bertz CT molecular complexity index is 641. The Labute approximate surface area is 124 Å². The number of benzene rings is 2. The molecule has 0 amide bonds. The lowest BCUT2D eigenvalue weighted by atomic mass is 9.81. The molecule has 0 unspecified atom stereocenters. The van der Waals surface area contributed by atoms with Crippen molar-refractivity contribution in [2.75, 3.05) is 19.0 Å². The molecule has 0 bridgehead atoms. The lowest BCUT2D eigenvalue weighted by molar-refractivity contribution is 0.0827. The fourth-order valence-electron chi connectivity index (χ4n) is 3.57. The van der Waals surface area contributed by atoms with Gasteiger partial charge in [-0.3, -0.25) is 0 Å². The van der Waals surface area contributed by atoms with Gasteiger partial charge in [-0.15, -0.1) is 0 Å². The summed E-state index contributed by atoms with van der Waals surface area (Å²) in [7, 11) is 1.71. The van der Waals surface area contributed by atoms with E-state index >= 15 is 0 Å². The molecular weight excluding hydrogens is 262 g/mol. The number of ether oxygens (including phenoxy) is 2. The molecule has 0 saturated carbocycles. The van der Waals surface area contributed by atoms with Crippen molar-refractivity contribution < 1.29 is 9.47 Å². The first kappa shape index (κ1) is 12.7. The molecule has 2 aromatic rings. The van der Waals surface area contributed by atoms with Crippen molar-refractivity contribution in [3.05, 3.63) is 59.7 Å². The van der Waals surface area contributed by atoms with Gasteiger partial charge < -0.3 is 14.8 Å². The van der Waals surface area contributed by atoms with Gasteiger partial charge in [-0.1, -0.05) is 30.3 Å². The number of hydrogen-bond donors (Lipinski definition) is 1. The van der Waals surface area contributed by atoms with Crippen LogP contribution in [0, 0.1) is 5.92 Å². The second-order valence-corrected chi connectivity index (χ2v) is 5.73. The van der Waals surface area contributed by atoms with Crippen LogP contribution in [-0.4, -0.2) is 13.7 Å². The summed E-state index contributed by atoms with van der Waals surface area (Å²) in [6.07, 6.45) is 1.26. The lowest BCUT2D eigenvalue weighted by Crippen LogP contribution is -2.29. The number of methoxy groups -OCH3 is 1. The average Bonchev–Trinajstić information content (AvgIpc) is 3.04. The third-order valence-corrected chi connectivity index (χ3v) is 4.60. The van der Waals surface area contributed by atoms with E-state index in [0.29, 0.717) is 12.0 Å². The van der Waals surface area contributed by atoms with Crippen LogP contribution in [0.2, 0.25) is 0 Å². The summed E-state index contributed by atoms with van der Waals surface area (Å²) in [6, 6.07) is 17.2. The summed E-state index contributed by atoms with van der Waals surface area (Å²) in [5.74, 6) is 1.37. The van der Waals surface area contributed by atoms with E-state index in [9.17, 15) is 0 Å². The fourth-order valence-corrected chi connectivity index (χ4v) is 3.57. The van der Waals surface area contributed by atoms with E-state index in [1.54, 1.807) is 7.11 Å². The van der Waals surface area contributed by atoms with Crippen LogP contribution < -0.4 is 10.1 Å². The summed E-state index contributed by atoms with van der Waals surface area (Å²) >= 11 is 0. The van der Waals surface area contributed by atoms with Gasteiger partial charge >= 0.3 is 0 Å². The second kappa shape index (κ2) is 5.08. The van der Waals surface area contributed by atoms with E-state index in [1.807, 2.05) is 6.07 Å². The Morgan fingerprint density at radius 2 is 2.00 bits per heavy atom. The zero-order valence-corrected chi connectivity index (χ0v) is 12.1. The van der Waals surface area contributed by atoms with E-state index in [2.05, 4.69) is 47.8 Å². The van der Waals surface area contributed by atoms with Crippen molar-refractivity contribution in [3.8, 4) is 5.75 Å². The highest BCUT2D eigenvalue weighted by Gasteiger charge is 2.41. The molecular formula is C18H19NO2. The molecule has 0 aromatic heterocycles. The molecule has 3 heteroatoms. The first-order chi connectivity index (χ1) is 10.4. The monoisotopic (exact) mass is 281 g/mol. The Kier molecular flexibility index (Phi) is 3.08. The molecule has 0 radical (unpaired) electrons. The molecule has 4 rings (SSSR count). The van der Waals surface area contributed by atoms with E-state index in [0.717, 1.165) is 24.5 Å². The molecule has 0 spiro atoms. The quantitative estimate of drug-likeness (QED) is 0.904. The highest BCUT2D eigenvalue weighted by atomic mass is 16.5. The molecule has 2 aromatic carbocycles. The van der Waals surface area contributed by atoms with Crippen LogP contribution >= 0.6 is 0 Å². The third kappa shape index (κ3) is 2.09. The standard InChI is InChI=1S/C18H19NO2/c1-20-13-7-8-16-15(11-13)18-14(9-10-21-18)17(19-16)12-5-3-2-4-6-12/h2-8,11,14,17-19H,9-10H2,1H3/t14-,17+,18+/m0/s1. The van der Waals surface area contributed by atoms with Gasteiger partial charge in [0, 0.05) is 23.8 Å². The zero-order valence-electron chi connectivity index (χ0n) is 12.1. The minimum absolute atomic E-state index is 0.168. The summed E-state index contributed by atoms with van der Waals surface area (Å²) in [6.45, 7) is 0.830. The van der Waals surface area contributed by atoms with Crippen molar-refractivity contribution in [3.63, 3.8) is 0 Å². The first-order valence-corrected chi connectivity index (χ1v) is 7.48. The number of rotatable bonds is 2. The van der Waals surface area contributed by atoms with Crippen molar-refractivity contribution in [1.82, 2.24) is 0 Å². The van der Waals surface area contributed by atoms with Crippen molar-refractivity contribution in [2.24, 2.45) is 5.92 Å². The molecule has 1 saturated heterocycles. The molecule has 0 aliphatic carbocycles. The number of hydrogen-bond acceptors (Lipinski definition) is 3. The minimum Gasteiger partial charge on any atom is -0.497 e. The molecule has 1 N–H and O–H groups in total. The predicted octanol–water partition coefficient (Wildman–Crippen LogP) is 3.94. The summed E-state index contributed by atoms with van der Waals surface area (Å²) in [4.78, 5) is 0. The van der Waals surface area contributed by atoms with E-state index < -0.39 is 0 Å². The molecule has 1 fully saturated rings. The van der Waals surface area contributed by atoms with Crippen LogP contribution in [0.15, 0.2) is 48.5 Å². The maximum atomic E-state index is 6.04. The van der Waals surface area contributed by atoms with Gasteiger partial charge in [0.05, 0.1) is 19.3 Å². The number of fused-ring (bicyclic) bond motifs is 3. The van der Waals surface area contributed by atoms with Gasteiger partial charge in [0.2, 0.25) is 0 Å². The summed E-state index contributed by atoms with van der Waals surface area (Å²) < 4.78 is 11.4. The average molecular weight is 281 g/mol. The maximum absolute atomic E-state index is 6.04. The van der Waals surface area contributed by atoms with Crippen LogP contribution in [-0.2, 0) is 4.74 Å². The van der Waals surface area contributed by atoms with Crippen LogP contribution in [0.5, 0.6) is 5.75 Å². The van der Waals surface area contributed by atoms with Gasteiger partial charge in [-0.2, -0.15) is 0 Å². The molecule has 2 heterocycles. The highest BCUT2D eigenvalue weighted by molar-refractivity contribution is 5.59. The van der Waals surface area contributed by atoms with Crippen LogP contribution in [0.25, 0.3) is 0 Å². The van der Waals surface area contributed by atoms with Crippen molar-refractivity contribution in [1.29, 1.82) is 0 Å². The Morgan fingerprint density at radius 1 is 1.14 bits per heavy atom. The largest absolute Gasteiger partial charge is 0.497 e. The van der Waals surface area contributed by atoms with Gasteiger partial charge in [0.15, 0.2) is 0 Å². The van der Waals surface area contributed by atoms with Crippen molar-refractivity contribution in [2.45, 2.75) is 18.6 Å². The molecule has 21 heavy (non-hydrogen) atoms. The van der Waals surface area contributed by atoms with Gasteiger partial charge in [0.25, 0.3) is 0 Å². The van der Waals surface area contributed by atoms with Gasteiger partial charge in [-0.25, -0.2) is 0 Å². The molecule has 2 aliphatic heterocycles. The van der Waals surface area contributed by atoms with Gasteiger partial charge in [0.1, 0.15) is 5.75 Å². The fraction of sp³-hybridized carbons (Fsp3) is 0.333. The Morgan fingerprint density at radius 3 is 2.81 bits per heavy atom. The second-order valence-electron chi connectivity index (χ2n) is 5.73. The van der Waals surface area contributed by atoms with Crippen molar-refractivity contribution >= 4 is 5.69 Å². The molecule has 3 atom stereocenters. The normalized spacial score (nSPS) is 26.6. The first-order valence-electron chi connectivity index (χ1n) is 7.48. The predicted molar refractivity (Wildman–Crippen MR) is 82.6 cm³/mol. The van der Waals surface area contributed by atoms with Crippen LogP contribution in [0.1, 0.15) is 29.7 Å². The van der Waals surface area contributed by atoms with E-state index in [4.69, 9.17) is 9.47 Å². The Hall–Kier alpha value is -2.00. The summed E-state index contributed by atoms with van der Waals surface area (Å²) in [5, 5.41) is 3.70. The van der Waals surface area contributed by atoms with Gasteiger partial charge in [-0.05, 0) is 30.2 Å². The smallest absolute Gasteiger partial charge is 0.119 e. The topological polar surface area (TPSA) is 30.5 Å². The maximum Gasteiger partial charge on any atom is 0.119 e. The lowest BCUT2D eigenvalue weighted by Gasteiger charge is -2.36. The van der Waals surface area contributed by atoms with E-state index in [1.165, 1.54) is 11.1 Å². The Balaban J connectivity index is 1.77. The molecule has 2 aliphatic rings. The molecule has 3 nitrogen and oxygen atoms in total. The molecule has 108 valence electrons. The number of anilines is 1. The SMILES string of the molecule is COc1ccc2c(c1)[C@@H]1OCC[C@H]1[C@@H](c1ccccc1)N2. The third-order valence-electron chi connectivity index (χ3n) is 4.60. The van der Waals surface area contributed by atoms with Crippen LogP contribution in [0.3, 0.4) is 0 Å². The zero-order chi connectivity index (χ0) is 14.2. The summed E-state index contributed by atoms with van der Waals surface area (Å²) in [5.41, 5.74) is 3.72. The highest BCUT2D eigenvalue weighted by Crippen LogP contribution is 2.50. The minimum atomic E-state index is 0.168. The van der Waals surface area contributed by atoms with E-state index in [-0.39, 0.29) is 6.10 Å².